The van der Waals surface area contributed by atoms with E-state index in [1.807, 2.05) is 29.6 Å². The first-order chi connectivity index (χ1) is 10.7. The first kappa shape index (κ1) is 15.6. The summed E-state index contributed by atoms with van der Waals surface area (Å²) in [6, 6.07) is 7.80. The molecule has 22 heavy (non-hydrogen) atoms. The highest BCUT2D eigenvalue weighted by Crippen LogP contribution is 2.45. The van der Waals surface area contributed by atoms with Crippen molar-refractivity contribution in [3.63, 3.8) is 0 Å². The zero-order valence-corrected chi connectivity index (χ0v) is 15.4. The third-order valence-corrected chi connectivity index (χ3v) is 7.12. The van der Waals surface area contributed by atoms with Gasteiger partial charge in [0.1, 0.15) is 0 Å². The zero-order valence-electron chi connectivity index (χ0n) is 11.4. The van der Waals surface area contributed by atoms with Gasteiger partial charge in [0.15, 0.2) is 6.29 Å². The van der Waals surface area contributed by atoms with E-state index in [1.54, 1.807) is 29.7 Å². The Balaban J connectivity index is 2.28. The fourth-order valence-electron chi connectivity index (χ4n) is 2.11. The van der Waals surface area contributed by atoms with Crippen molar-refractivity contribution in [2.45, 2.75) is 0 Å². The van der Waals surface area contributed by atoms with Gasteiger partial charge in [-0.3, -0.25) is 9.59 Å². The topological polar surface area (TPSA) is 46.2 Å². The van der Waals surface area contributed by atoms with Gasteiger partial charge in [0.25, 0.3) is 5.91 Å². The molecule has 0 unspecified atom stereocenters. The predicted molar refractivity (Wildman–Crippen MR) is 97.4 cm³/mol. The minimum Gasteiger partial charge on any atom is -0.355 e. The molecule has 0 saturated heterocycles. The molecule has 3 aromatic rings. The Bertz CT molecular complexity index is 833. The standard InChI is InChI=1S/C15H10BrNO2S3/c1-17-15(19)12-8(7-18)13(10-4-5-11(16)21-10)22-14(12)9-3-2-6-20-9/h2-7H,1H3,(H,17,19). The summed E-state index contributed by atoms with van der Waals surface area (Å²) in [5.41, 5.74) is 0.923. The number of aldehydes is 1. The Labute approximate surface area is 147 Å². The number of carbonyl (C=O) groups is 2. The van der Waals surface area contributed by atoms with E-state index >= 15 is 0 Å². The lowest BCUT2D eigenvalue weighted by Crippen LogP contribution is -2.19. The van der Waals surface area contributed by atoms with Crippen molar-refractivity contribution in [3.8, 4) is 19.5 Å². The van der Waals surface area contributed by atoms with Crippen LogP contribution in [0, 0.1) is 0 Å². The number of hydrogen-bond acceptors (Lipinski definition) is 5. The smallest absolute Gasteiger partial charge is 0.253 e. The van der Waals surface area contributed by atoms with Gasteiger partial charge in [-0.1, -0.05) is 6.07 Å². The van der Waals surface area contributed by atoms with Crippen LogP contribution in [0.1, 0.15) is 20.7 Å². The molecule has 0 aliphatic carbocycles. The van der Waals surface area contributed by atoms with E-state index < -0.39 is 0 Å². The minimum atomic E-state index is -0.233. The molecule has 0 spiro atoms. The summed E-state index contributed by atoms with van der Waals surface area (Å²) in [6.45, 7) is 0. The molecule has 112 valence electrons. The van der Waals surface area contributed by atoms with Crippen LogP contribution in [0.5, 0.6) is 0 Å². The molecular formula is C15H10BrNO2S3. The van der Waals surface area contributed by atoms with Gasteiger partial charge >= 0.3 is 0 Å². The first-order valence-electron chi connectivity index (χ1n) is 6.29. The van der Waals surface area contributed by atoms with Crippen LogP contribution in [0.15, 0.2) is 33.4 Å². The van der Waals surface area contributed by atoms with Gasteiger partial charge in [-0.25, -0.2) is 0 Å². The van der Waals surface area contributed by atoms with Crippen LogP contribution in [-0.4, -0.2) is 19.2 Å². The number of hydrogen-bond donors (Lipinski definition) is 1. The normalized spacial score (nSPS) is 10.6. The van der Waals surface area contributed by atoms with Crippen LogP contribution < -0.4 is 5.32 Å². The Morgan fingerprint density at radius 3 is 2.55 bits per heavy atom. The largest absolute Gasteiger partial charge is 0.355 e. The quantitative estimate of drug-likeness (QED) is 0.604. The Morgan fingerprint density at radius 2 is 2.00 bits per heavy atom. The number of thiophene rings is 3. The lowest BCUT2D eigenvalue weighted by molar-refractivity contribution is 0.0958. The third kappa shape index (κ3) is 2.69. The highest BCUT2D eigenvalue weighted by atomic mass is 79.9. The molecule has 0 radical (unpaired) electrons. The fraction of sp³-hybridized carbons (Fsp3) is 0.0667. The van der Waals surface area contributed by atoms with Crippen LogP contribution in [0.25, 0.3) is 19.5 Å². The molecule has 0 aromatic carbocycles. The predicted octanol–water partition coefficient (Wildman–Crippen LogP) is 5.14. The van der Waals surface area contributed by atoms with Crippen molar-refractivity contribution in [1.82, 2.24) is 5.32 Å². The molecule has 3 aromatic heterocycles. The number of halogens is 1. The van der Waals surface area contributed by atoms with Crippen molar-refractivity contribution in [1.29, 1.82) is 0 Å². The Morgan fingerprint density at radius 1 is 1.18 bits per heavy atom. The molecule has 3 nitrogen and oxygen atoms in total. The lowest BCUT2D eigenvalue weighted by atomic mass is 10.1. The van der Waals surface area contributed by atoms with Gasteiger partial charge < -0.3 is 5.32 Å². The van der Waals surface area contributed by atoms with E-state index in [0.29, 0.717) is 11.1 Å². The maximum atomic E-state index is 12.3. The zero-order chi connectivity index (χ0) is 15.7. The second kappa shape index (κ2) is 6.45. The number of amides is 1. The summed E-state index contributed by atoms with van der Waals surface area (Å²) in [5, 5.41) is 4.60. The summed E-state index contributed by atoms with van der Waals surface area (Å²) in [6.07, 6.45) is 0.779. The van der Waals surface area contributed by atoms with Crippen molar-refractivity contribution in [2.24, 2.45) is 0 Å². The third-order valence-electron chi connectivity index (χ3n) is 3.06. The summed E-state index contributed by atoms with van der Waals surface area (Å²) in [4.78, 5) is 27.6. The number of nitrogens with one attached hydrogen (secondary N) is 1. The van der Waals surface area contributed by atoms with E-state index in [1.165, 1.54) is 11.3 Å². The summed E-state index contributed by atoms with van der Waals surface area (Å²) in [7, 11) is 1.58. The van der Waals surface area contributed by atoms with Gasteiger partial charge in [0.2, 0.25) is 0 Å². The number of carbonyl (C=O) groups excluding carboxylic acids is 2. The molecule has 0 bridgehead atoms. The second-order valence-corrected chi connectivity index (χ2v) is 8.76. The Kier molecular flexibility index (Phi) is 4.58. The minimum absolute atomic E-state index is 0.233. The van der Waals surface area contributed by atoms with Gasteiger partial charge in [-0.05, 0) is 39.5 Å². The second-order valence-electron chi connectivity index (χ2n) is 4.33. The monoisotopic (exact) mass is 411 g/mol. The number of rotatable bonds is 4. The van der Waals surface area contributed by atoms with Crippen molar-refractivity contribution < 1.29 is 9.59 Å². The average molecular weight is 412 g/mol. The van der Waals surface area contributed by atoms with Crippen LogP contribution in [0.2, 0.25) is 0 Å². The molecule has 0 aliphatic heterocycles. The molecule has 1 N–H and O–H groups in total. The van der Waals surface area contributed by atoms with Gasteiger partial charge in [0, 0.05) is 22.4 Å². The molecule has 7 heteroatoms. The van der Waals surface area contributed by atoms with E-state index in [-0.39, 0.29) is 5.91 Å². The van der Waals surface area contributed by atoms with Gasteiger partial charge in [0.05, 0.1) is 19.1 Å². The van der Waals surface area contributed by atoms with E-state index in [9.17, 15) is 9.59 Å². The average Bonchev–Trinajstić information content (AvgIpc) is 3.24. The molecule has 3 rings (SSSR count). The van der Waals surface area contributed by atoms with Crippen molar-refractivity contribution in [2.75, 3.05) is 7.05 Å². The van der Waals surface area contributed by atoms with Crippen LogP contribution in [0.3, 0.4) is 0 Å². The molecule has 0 fully saturated rings. The molecular weight excluding hydrogens is 402 g/mol. The van der Waals surface area contributed by atoms with Crippen LogP contribution in [-0.2, 0) is 0 Å². The van der Waals surface area contributed by atoms with Crippen LogP contribution in [0.4, 0.5) is 0 Å². The highest BCUT2D eigenvalue weighted by Gasteiger charge is 2.25. The summed E-state index contributed by atoms with van der Waals surface area (Å²) < 4.78 is 0.993. The van der Waals surface area contributed by atoms with Crippen molar-refractivity contribution in [3.05, 3.63) is 44.6 Å². The molecule has 0 atom stereocenters. The lowest BCUT2D eigenvalue weighted by Gasteiger charge is -2.01. The highest BCUT2D eigenvalue weighted by molar-refractivity contribution is 9.11. The molecule has 0 aliphatic rings. The Hall–Kier alpha value is -1.28. The van der Waals surface area contributed by atoms with Gasteiger partial charge in [-0.2, -0.15) is 0 Å². The molecule has 1 amide bonds. The summed E-state index contributed by atoms with van der Waals surface area (Å²) >= 11 is 8.04. The fourth-order valence-corrected chi connectivity index (χ4v) is 5.74. The maximum Gasteiger partial charge on any atom is 0.253 e. The van der Waals surface area contributed by atoms with E-state index in [2.05, 4.69) is 21.2 Å². The molecule has 3 heterocycles. The van der Waals surface area contributed by atoms with Crippen molar-refractivity contribution >= 4 is 62.1 Å². The first-order valence-corrected chi connectivity index (χ1v) is 9.60. The van der Waals surface area contributed by atoms with E-state index in [4.69, 9.17) is 0 Å². The maximum absolute atomic E-state index is 12.3. The van der Waals surface area contributed by atoms with Crippen LogP contribution >= 0.6 is 49.9 Å². The molecule has 0 saturated carbocycles. The van der Waals surface area contributed by atoms with E-state index in [0.717, 1.165) is 29.6 Å². The SMILES string of the molecule is CNC(=O)c1c(-c2cccs2)sc(-c2ccc(Br)s2)c1C=O. The van der Waals surface area contributed by atoms with Gasteiger partial charge in [-0.15, -0.1) is 34.0 Å². The summed E-state index contributed by atoms with van der Waals surface area (Å²) in [5.74, 6) is -0.233.